The van der Waals surface area contributed by atoms with Gasteiger partial charge in [0.25, 0.3) is 0 Å². The van der Waals surface area contributed by atoms with Crippen LogP contribution in [-0.2, 0) is 4.79 Å². The first-order chi connectivity index (χ1) is 13.4. The summed E-state index contributed by atoms with van der Waals surface area (Å²) in [6.07, 6.45) is 6.57. The summed E-state index contributed by atoms with van der Waals surface area (Å²) in [5, 5.41) is 24.0. The summed E-state index contributed by atoms with van der Waals surface area (Å²) in [6.45, 7) is 3.60. The molecule has 3 aliphatic carbocycles. The number of aliphatic hydroxyl groups is 1. The second-order valence-corrected chi connectivity index (χ2v) is 9.04. The maximum absolute atomic E-state index is 12.1. The van der Waals surface area contributed by atoms with E-state index >= 15 is 0 Å². The average molecular weight is 381 g/mol. The van der Waals surface area contributed by atoms with E-state index in [0.29, 0.717) is 18.9 Å². The van der Waals surface area contributed by atoms with Crippen molar-refractivity contribution in [3.8, 4) is 11.8 Å². The van der Waals surface area contributed by atoms with Gasteiger partial charge in [-0.05, 0) is 43.1 Å². The molecule has 5 rings (SSSR count). The number of carboxylic acid groups (broad SMARTS) is 1. The second kappa shape index (κ2) is 5.87. The lowest BCUT2D eigenvalue weighted by Crippen LogP contribution is -2.59. The van der Waals surface area contributed by atoms with Gasteiger partial charge in [-0.2, -0.15) is 0 Å². The van der Waals surface area contributed by atoms with E-state index in [1.54, 1.807) is 7.05 Å². The van der Waals surface area contributed by atoms with Crippen molar-refractivity contribution in [2.24, 2.45) is 33.6 Å². The summed E-state index contributed by atoms with van der Waals surface area (Å²) in [5.74, 6) is 7.53. The number of aliphatic imine (C=N–C) groups is 1. The number of fused-ring (bicyclic) bond motifs is 1. The van der Waals surface area contributed by atoms with E-state index in [1.807, 2.05) is 0 Å². The zero-order chi connectivity index (χ0) is 19.7. The van der Waals surface area contributed by atoms with Gasteiger partial charge in [0.2, 0.25) is 0 Å². The van der Waals surface area contributed by atoms with Crippen molar-refractivity contribution in [1.82, 2.24) is 10.2 Å². The van der Waals surface area contributed by atoms with Crippen LogP contribution in [0.15, 0.2) is 28.4 Å². The molecule has 2 fully saturated rings. The first-order valence-electron chi connectivity index (χ1n) is 10.2. The minimum absolute atomic E-state index is 0.124. The molecule has 148 valence electrons. The van der Waals surface area contributed by atoms with Crippen LogP contribution in [-0.4, -0.2) is 53.3 Å². The lowest BCUT2D eigenvalue weighted by molar-refractivity contribution is -0.133. The van der Waals surface area contributed by atoms with Gasteiger partial charge in [-0.3, -0.25) is 4.99 Å². The third-order valence-corrected chi connectivity index (χ3v) is 8.23. The van der Waals surface area contributed by atoms with E-state index in [2.05, 4.69) is 46.2 Å². The lowest BCUT2D eigenvalue weighted by atomic mass is 9.47. The first-order valence-corrected chi connectivity index (χ1v) is 10.2. The Balaban J connectivity index is 1.76. The highest BCUT2D eigenvalue weighted by atomic mass is 16.4. The molecule has 3 N–H and O–H groups in total. The number of aliphatic hydroxyl groups excluding tert-OH is 1. The molecule has 2 heterocycles. The topological polar surface area (TPSA) is 85.2 Å². The molecule has 5 bridgehead atoms. The molecular formula is C22H27N3O3. The molecule has 0 aromatic rings. The van der Waals surface area contributed by atoms with Gasteiger partial charge in [-0.1, -0.05) is 24.8 Å². The van der Waals surface area contributed by atoms with Crippen molar-refractivity contribution >= 4 is 11.9 Å². The summed E-state index contributed by atoms with van der Waals surface area (Å²) in [5.41, 5.74) is 0.873. The highest BCUT2D eigenvalue weighted by Gasteiger charge is 2.72. The van der Waals surface area contributed by atoms with Crippen LogP contribution in [0.5, 0.6) is 0 Å². The van der Waals surface area contributed by atoms with E-state index in [1.165, 1.54) is 0 Å². The zero-order valence-electron chi connectivity index (χ0n) is 16.4. The number of nitrogens with zero attached hydrogens (tertiary/aromatic N) is 2. The van der Waals surface area contributed by atoms with Crippen molar-refractivity contribution in [3.63, 3.8) is 0 Å². The van der Waals surface area contributed by atoms with Gasteiger partial charge in [0.15, 0.2) is 5.96 Å². The SMILES string of the molecule is CN=C1NCC#C[C@@H]2C[C@@H](C)[C@@]34C[C@H](O)C(C(=O)O)=C3C[C@@H]2[C@]42CC=CN1C2. The minimum atomic E-state index is -0.957. The second-order valence-electron chi connectivity index (χ2n) is 9.04. The van der Waals surface area contributed by atoms with Gasteiger partial charge in [-0.15, -0.1) is 0 Å². The summed E-state index contributed by atoms with van der Waals surface area (Å²) in [6, 6.07) is 0. The number of hydrogen-bond acceptors (Lipinski definition) is 3. The highest BCUT2D eigenvalue weighted by Crippen LogP contribution is 2.75. The number of aliphatic carboxylic acids is 1. The van der Waals surface area contributed by atoms with Crippen molar-refractivity contribution in [1.29, 1.82) is 0 Å². The molecule has 0 radical (unpaired) electrons. The molecule has 28 heavy (non-hydrogen) atoms. The van der Waals surface area contributed by atoms with Crippen molar-refractivity contribution in [2.75, 3.05) is 20.1 Å². The number of allylic oxidation sites excluding steroid dienone is 2. The van der Waals surface area contributed by atoms with Gasteiger partial charge < -0.3 is 20.4 Å². The van der Waals surface area contributed by atoms with Crippen LogP contribution in [0.25, 0.3) is 0 Å². The fourth-order valence-corrected chi connectivity index (χ4v) is 7.37. The van der Waals surface area contributed by atoms with Gasteiger partial charge >= 0.3 is 5.97 Å². The standard InChI is InChI=1S/C22H27N3O3/c1-13-9-14-5-3-7-24-20(23-2)25-8-4-6-21(12-25)15(14)10-16-18(19(27)28)17(26)11-22(13,16)21/h4,8,13-15,17,26H,6-7,9-12H2,1-2H3,(H,23,24)(H,27,28)/t13-,14-,15+,17+,21-,22+/m1/s1. The van der Waals surface area contributed by atoms with E-state index in [4.69, 9.17) is 0 Å². The van der Waals surface area contributed by atoms with E-state index in [-0.39, 0.29) is 28.2 Å². The van der Waals surface area contributed by atoms with E-state index < -0.39 is 12.1 Å². The summed E-state index contributed by atoms with van der Waals surface area (Å²) >= 11 is 0. The Morgan fingerprint density at radius 2 is 2.29 bits per heavy atom. The Labute approximate surface area is 165 Å². The number of carboxylic acids is 1. The molecule has 2 spiro atoms. The summed E-state index contributed by atoms with van der Waals surface area (Å²) in [7, 11) is 1.78. The van der Waals surface area contributed by atoms with E-state index in [0.717, 1.165) is 37.3 Å². The third kappa shape index (κ3) is 1.98. The Kier molecular flexibility index (Phi) is 3.73. The number of nitrogens with one attached hydrogen (secondary N) is 1. The maximum Gasteiger partial charge on any atom is 0.334 e. The number of hydrogen-bond donors (Lipinski definition) is 3. The van der Waals surface area contributed by atoms with Gasteiger partial charge in [0.05, 0.1) is 18.2 Å². The molecule has 6 heteroatoms. The quantitative estimate of drug-likeness (QED) is 0.601. The van der Waals surface area contributed by atoms with E-state index in [9.17, 15) is 15.0 Å². The molecule has 6 atom stereocenters. The minimum Gasteiger partial charge on any atom is -0.478 e. The van der Waals surface area contributed by atoms with Crippen molar-refractivity contribution < 1.29 is 15.0 Å². The molecule has 6 nitrogen and oxygen atoms in total. The fourth-order valence-electron chi connectivity index (χ4n) is 7.37. The van der Waals surface area contributed by atoms with Gasteiger partial charge in [0.1, 0.15) is 0 Å². The third-order valence-electron chi connectivity index (χ3n) is 8.23. The van der Waals surface area contributed by atoms with Crippen LogP contribution in [0.4, 0.5) is 0 Å². The van der Waals surface area contributed by atoms with Crippen molar-refractivity contribution in [2.45, 2.75) is 38.7 Å². The Morgan fingerprint density at radius 3 is 3.04 bits per heavy atom. The molecule has 2 aliphatic heterocycles. The maximum atomic E-state index is 12.1. The largest absolute Gasteiger partial charge is 0.478 e. The average Bonchev–Trinajstić information content (AvgIpc) is 3.05. The van der Waals surface area contributed by atoms with Crippen LogP contribution < -0.4 is 5.32 Å². The van der Waals surface area contributed by atoms with Crippen molar-refractivity contribution in [3.05, 3.63) is 23.4 Å². The Morgan fingerprint density at radius 1 is 1.46 bits per heavy atom. The molecule has 0 unspecified atom stereocenters. The van der Waals surface area contributed by atoms with Gasteiger partial charge in [0, 0.05) is 36.5 Å². The van der Waals surface area contributed by atoms with Crippen LogP contribution in [0.2, 0.25) is 0 Å². The van der Waals surface area contributed by atoms with Crippen LogP contribution in [0.1, 0.15) is 32.6 Å². The molecular weight excluding hydrogens is 354 g/mol. The Hall–Kier alpha value is -2.26. The van der Waals surface area contributed by atoms with Gasteiger partial charge in [-0.25, -0.2) is 4.79 Å². The smallest absolute Gasteiger partial charge is 0.334 e. The van der Waals surface area contributed by atoms with Crippen LogP contribution in [0.3, 0.4) is 0 Å². The molecule has 0 saturated heterocycles. The fraction of sp³-hybridized carbons (Fsp3) is 0.636. The molecule has 0 aromatic heterocycles. The lowest BCUT2D eigenvalue weighted by Gasteiger charge is -2.59. The summed E-state index contributed by atoms with van der Waals surface area (Å²) < 4.78 is 0. The molecule has 0 amide bonds. The zero-order valence-corrected chi connectivity index (χ0v) is 16.4. The Bertz CT molecular complexity index is 894. The predicted molar refractivity (Wildman–Crippen MR) is 105 cm³/mol. The normalized spacial score (nSPS) is 44.7. The number of guanidine groups is 1. The predicted octanol–water partition coefficient (Wildman–Crippen LogP) is 1.59. The molecule has 5 aliphatic rings. The first kappa shape index (κ1) is 17.8. The molecule has 0 aromatic carbocycles. The van der Waals surface area contributed by atoms with Crippen LogP contribution in [0, 0.1) is 40.4 Å². The molecule has 2 saturated carbocycles. The summed E-state index contributed by atoms with van der Waals surface area (Å²) in [4.78, 5) is 18.7. The highest BCUT2D eigenvalue weighted by molar-refractivity contribution is 5.90. The number of rotatable bonds is 1. The monoisotopic (exact) mass is 381 g/mol. The number of carbonyl (C=O) groups is 1. The van der Waals surface area contributed by atoms with Crippen LogP contribution >= 0.6 is 0 Å².